The molecular formula is C14H17FN4O2S. The second kappa shape index (κ2) is 7.69. The Kier molecular flexibility index (Phi) is 5.65. The second-order valence-corrected chi connectivity index (χ2v) is 5.40. The highest BCUT2D eigenvalue weighted by Gasteiger charge is 2.13. The quantitative estimate of drug-likeness (QED) is 0.822. The lowest BCUT2D eigenvalue weighted by Crippen LogP contribution is -2.35. The van der Waals surface area contributed by atoms with Gasteiger partial charge >= 0.3 is 6.03 Å². The van der Waals surface area contributed by atoms with Gasteiger partial charge in [0.25, 0.3) is 0 Å². The van der Waals surface area contributed by atoms with Crippen molar-refractivity contribution < 1.29 is 13.9 Å². The van der Waals surface area contributed by atoms with Crippen molar-refractivity contribution in [3.05, 3.63) is 30.5 Å². The van der Waals surface area contributed by atoms with Gasteiger partial charge in [-0.15, -0.1) is 0 Å². The van der Waals surface area contributed by atoms with Gasteiger partial charge < -0.3 is 9.64 Å². The Hall–Kier alpha value is -2.22. The average molecular weight is 324 g/mol. The minimum Gasteiger partial charge on any atom is -0.445 e. The Balaban J connectivity index is 1.98. The van der Waals surface area contributed by atoms with Crippen LogP contribution < -0.4 is 10.1 Å². The first kappa shape index (κ1) is 16.2. The molecule has 118 valence electrons. The topological polar surface area (TPSA) is 67.4 Å². The molecule has 0 radical (unpaired) electrons. The number of urea groups is 1. The van der Waals surface area contributed by atoms with Gasteiger partial charge in [-0.1, -0.05) is 18.3 Å². The summed E-state index contributed by atoms with van der Waals surface area (Å²) in [5.74, 6) is -0.288. The fourth-order valence-corrected chi connectivity index (χ4v) is 2.45. The Bertz CT molecular complexity index is 635. The van der Waals surface area contributed by atoms with Crippen LogP contribution in [0, 0.1) is 5.95 Å². The molecule has 0 fully saturated rings. The molecule has 0 aliphatic carbocycles. The molecule has 0 spiro atoms. The number of thiazole rings is 1. The predicted molar refractivity (Wildman–Crippen MR) is 82.9 cm³/mol. The summed E-state index contributed by atoms with van der Waals surface area (Å²) in [5, 5.41) is 3.62. The highest BCUT2D eigenvalue weighted by molar-refractivity contribution is 7.17. The van der Waals surface area contributed by atoms with Gasteiger partial charge in [-0.2, -0.15) is 4.39 Å². The summed E-state index contributed by atoms with van der Waals surface area (Å²) in [6.45, 7) is 5.25. The van der Waals surface area contributed by atoms with Crippen LogP contribution in [0.2, 0.25) is 0 Å². The number of hydrogen-bond acceptors (Lipinski definition) is 5. The van der Waals surface area contributed by atoms with E-state index in [1.165, 1.54) is 29.8 Å². The minimum absolute atomic E-state index is 0.194. The highest BCUT2D eigenvalue weighted by atomic mass is 32.1. The van der Waals surface area contributed by atoms with Crippen LogP contribution in [0.25, 0.3) is 0 Å². The standard InChI is InChI=1S/C14H17FN4O2S/c1-3-7-19(4-2)14(20)18-13-17-9-12(22-13)21-10-5-6-16-11(15)8-10/h5-6,8-9H,3-4,7H2,1-2H3,(H,17,18,20). The van der Waals surface area contributed by atoms with Crippen molar-refractivity contribution in [2.24, 2.45) is 0 Å². The molecule has 2 aromatic rings. The van der Waals surface area contributed by atoms with E-state index in [4.69, 9.17) is 4.74 Å². The number of hydrogen-bond donors (Lipinski definition) is 1. The van der Waals surface area contributed by atoms with Crippen molar-refractivity contribution in [3.63, 3.8) is 0 Å². The lowest BCUT2D eigenvalue weighted by atomic mass is 10.4. The summed E-state index contributed by atoms with van der Waals surface area (Å²) in [5.41, 5.74) is 0. The van der Waals surface area contributed by atoms with E-state index in [9.17, 15) is 9.18 Å². The third-order valence-electron chi connectivity index (χ3n) is 2.78. The fourth-order valence-electron chi connectivity index (χ4n) is 1.77. The van der Waals surface area contributed by atoms with E-state index < -0.39 is 5.95 Å². The van der Waals surface area contributed by atoms with E-state index in [1.54, 1.807) is 11.0 Å². The molecule has 0 aliphatic rings. The lowest BCUT2D eigenvalue weighted by Gasteiger charge is -2.19. The van der Waals surface area contributed by atoms with Crippen LogP contribution in [-0.2, 0) is 0 Å². The van der Waals surface area contributed by atoms with Gasteiger partial charge in [0.15, 0.2) is 5.13 Å². The molecule has 0 aliphatic heterocycles. The maximum atomic E-state index is 13.0. The van der Waals surface area contributed by atoms with Crippen LogP contribution in [0.4, 0.5) is 14.3 Å². The van der Waals surface area contributed by atoms with Gasteiger partial charge in [-0.3, -0.25) is 5.32 Å². The van der Waals surface area contributed by atoms with Crippen molar-refractivity contribution >= 4 is 22.5 Å². The lowest BCUT2D eigenvalue weighted by molar-refractivity contribution is 0.214. The molecule has 8 heteroatoms. The summed E-state index contributed by atoms with van der Waals surface area (Å²) in [6, 6.07) is 2.53. The first-order valence-electron chi connectivity index (χ1n) is 6.93. The largest absolute Gasteiger partial charge is 0.445 e. The monoisotopic (exact) mass is 324 g/mol. The number of halogens is 1. The molecule has 2 amide bonds. The van der Waals surface area contributed by atoms with Gasteiger partial charge in [0.2, 0.25) is 11.0 Å². The number of pyridine rings is 1. The Morgan fingerprint density at radius 1 is 1.45 bits per heavy atom. The molecule has 22 heavy (non-hydrogen) atoms. The SMILES string of the molecule is CCCN(CC)C(=O)Nc1ncc(Oc2ccnc(F)c2)s1. The molecule has 0 unspecified atom stereocenters. The molecular weight excluding hydrogens is 307 g/mol. The molecule has 0 saturated heterocycles. The highest BCUT2D eigenvalue weighted by Crippen LogP contribution is 2.30. The van der Waals surface area contributed by atoms with Crippen LogP contribution in [0.5, 0.6) is 10.8 Å². The predicted octanol–water partition coefficient (Wildman–Crippen LogP) is 3.73. The van der Waals surface area contributed by atoms with E-state index in [0.717, 1.165) is 6.42 Å². The minimum atomic E-state index is -0.617. The van der Waals surface area contributed by atoms with E-state index in [2.05, 4.69) is 15.3 Å². The molecule has 0 atom stereocenters. The third-order valence-corrected chi connectivity index (χ3v) is 3.57. The molecule has 0 bridgehead atoms. The molecule has 0 aromatic carbocycles. The molecule has 2 rings (SSSR count). The summed E-state index contributed by atoms with van der Waals surface area (Å²) in [4.78, 5) is 21.3. The number of carbonyl (C=O) groups excluding carboxylic acids is 1. The summed E-state index contributed by atoms with van der Waals surface area (Å²) in [7, 11) is 0. The van der Waals surface area contributed by atoms with E-state index in [0.29, 0.717) is 29.0 Å². The van der Waals surface area contributed by atoms with Gasteiger partial charge in [0.05, 0.1) is 6.20 Å². The van der Waals surface area contributed by atoms with E-state index in [1.807, 2.05) is 13.8 Å². The maximum absolute atomic E-state index is 13.0. The van der Waals surface area contributed by atoms with Crippen LogP contribution in [0.15, 0.2) is 24.5 Å². The molecule has 2 aromatic heterocycles. The Morgan fingerprint density at radius 2 is 2.27 bits per heavy atom. The van der Waals surface area contributed by atoms with Crippen molar-refractivity contribution in [1.82, 2.24) is 14.9 Å². The molecule has 1 N–H and O–H groups in total. The molecule has 6 nitrogen and oxygen atoms in total. The van der Waals surface area contributed by atoms with Crippen molar-refractivity contribution in [2.45, 2.75) is 20.3 Å². The zero-order valence-electron chi connectivity index (χ0n) is 12.4. The van der Waals surface area contributed by atoms with Gasteiger partial charge in [-0.25, -0.2) is 14.8 Å². The van der Waals surface area contributed by atoms with Crippen LogP contribution in [0.3, 0.4) is 0 Å². The normalized spacial score (nSPS) is 10.3. The number of anilines is 1. The van der Waals surface area contributed by atoms with Crippen molar-refractivity contribution in [1.29, 1.82) is 0 Å². The number of amides is 2. The third kappa shape index (κ3) is 4.39. The van der Waals surface area contributed by atoms with E-state index >= 15 is 0 Å². The summed E-state index contributed by atoms with van der Waals surface area (Å²) >= 11 is 1.17. The van der Waals surface area contributed by atoms with Crippen LogP contribution in [0.1, 0.15) is 20.3 Å². The first-order valence-corrected chi connectivity index (χ1v) is 7.75. The van der Waals surface area contributed by atoms with E-state index in [-0.39, 0.29) is 6.03 Å². The number of aromatic nitrogens is 2. The zero-order valence-corrected chi connectivity index (χ0v) is 13.2. The number of ether oxygens (including phenoxy) is 1. The Labute approximate surface area is 132 Å². The first-order chi connectivity index (χ1) is 10.6. The molecule has 0 saturated carbocycles. The smallest absolute Gasteiger partial charge is 0.323 e. The number of nitrogens with zero attached hydrogens (tertiary/aromatic N) is 3. The molecule has 2 heterocycles. The zero-order chi connectivity index (χ0) is 15.9. The van der Waals surface area contributed by atoms with Gasteiger partial charge in [0, 0.05) is 25.4 Å². The summed E-state index contributed by atoms with van der Waals surface area (Å²) < 4.78 is 18.4. The van der Waals surface area contributed by atoms with Crippen LogP contribution in [-0.4, -0.2) is 34.0 Å². The van der Waals surface area contributed by atoms with Gasteiger partial charge in [-0.05, 0) is 19.4 Å². The van der Waals surface area contributed by atoms with Crippen molar-refractivity contribution in [3.8, 4) is 10.8 Å². The second-order valence-electron chi connectivity index (χ2n) is 4.41. The summed E-state index contributed by atoms with van der Waals surface area (Å²) in [6.07, 6.45) is 3.69. The number of carbonyl (C=O) groups is 1. The number of rotatable bonds is 6. The van der Waals surface area contributed by atoms with Gasteiger partial charge in [0.1, 0.15) is 5.75 Å². The maximum Gasteiger partial charge on any atom is 0.323 e. The van der Waals surface area contributed by atoms with Crippen LogP contribution >= 0.6 is 11.3 Å². The van der Waals surface area contributed by atoms with Crippen molar-refractivity contribution in [2.75, 3.05) is 18.4 Å². The average Bonchev–Trinajstić information content (AvgIpc) is 2.91. The fraction of sp³-hybridized carbons (Fsp3) is 0.357. The number of nitrogens with one attached hydrogen (secondary N) is 1. The Morgan fingerprint density at radius 3 is 2.95 bits per heavy atom.